The minimum Gasteiger partial charge on any atom is -0.497 e. The van der Waals surface area contributed by atoms with Crippen molar-refractivity contribution in [2.45, 2.75) is 32.7 Å². The van der Waals surface area contributed by atoms with Crippen molar-refractivity contribution in [3.8, 4) is 5.75 Å². The van der Waals surface area contributed by atoms with E-state index < -0.39 is 0 Å². The monoisotopic (exact) mass is 387 g/mol. The molecule has 1 aromatic carbocycles. The van der Waals surface area contributed by atoms with Gasteiger partial charge < -0.3 is 19.4 Å². The fraction of sp³-hybridized carbons (Fsp3) is 0.636. The van der Waals surface area contributed by atoms with Crippen molar-refractivity contribution in [2.75, 3.05) is 40.8 Å². The SMILES string of the molecule is CCC(CC)C(=O)N1C[C@@H]2CN(C(=O)N(C)C)[C@@H](c3ccc(OC)cc3)[C@@H]2C1. The van der Waals surface area contributed by atoms with Crippen LogP contribution in [0, 0.1) is 17.8 Å². The van der Waals surface area contributed by atoms with E-state index in [0.717, 1.165) is 37.2 Å². The zero-order valence-corrected chi connectivity index (χ0v) is 17.7. The predicted octanol–water partition coefficient (Wildman–Crippen LogP) is 3.24. The molecular weight excluding hydrogens is 354 g/mol. The molecule has 0 spiro atoms. The van der Waals surface area contributed by atoms with E-state index >= 15 is 0 Å². The molecule has 2 fully saturated rings. The predicted molar refractivity (Wildman–Crippen MR) is 109 cm³/mol. The molecule has 0 bridgehead atoms. The van der Waals surface area contributed by atoms with Gasteiger partial charge in [-0.3, -0.25) is 4.79 Å². The fourth-order valence-electron chi connectivity index (χ4n) is 4.80. The zero-order valence-electron chi connectivity index (χ0n) is 17.7. The number of amides is 3. The fourth-order valence-corrected chi connectivity index (χ4v) is 4.80. The van der Waals surface area contributed by atoms with Gasteiger partial charge in [-0.05, 0) is 30.5 Å². The summed E-state index contributed by atoms with van der Waals surface area (Å²) < 4.78 is 5.29. The summed E-state index contributed by atoms with van der Waals surface area (Å²) in [6, 6.07) is 8.02. The van der Waals surface area contributed by atoms with E-state index in [-0.39, 0.29) is 29.8 Å². The van der Waals surface area contributed by atoms with Crippen LogP contribution in [0.1, 0.15) is 38.3 Å². The number of benzene rings is 1. The summed E-state index contributed by atoms with van der Waals surface area (Å²) in [6.45, 7) is 6.35. The third-order valence-electron chi connectivity index (χ3n) is 6.40. The van der Waals surface area contributed by atoms with Crippen LogP contribution in [0.5, 0.6) is 5.75 Å². The van der Waals surface area contributed by atoms with Crippen LogP contribution in [0.3, 0.4) is 0 Å². The number of likely N-dealkylation sites (tertiary alicyclic amines) is 2. The van der Waals surface area contributed by atoms with Crippen LogP contribution < -0.4 is 4.74 Å². The molecule has 3 atom stereocenters. The third kappa shape index (κ3) is 3.69. The van der Waals surface area contributed by atoms with E-state index in [1.807, 2.05) is 34.1 Å². The van der Waals surface area contributed by atoms with Crippen LogP contribution in [-0.4, -0.2) is 67.5 Å². The quantitative estimate of drug-likeness (QED) is 0.779. The van der Waals surface area contributed by atoms with Gasteiger partial charge in [0.25, 0.3) is 0 Å². The number of hydrogen-bond donors (Lipinski definition) is 0. The Morgan fingerprint density at radius 3 is 2.29 bits per heavy atom. The van der Waals surface area contributed by atoms with Gasteiger partial charge in [-0.25, -0.2) is 4.79 Å². The van der Waals surface area contributed by atoms with E-state index in [9.17, 15) is 9.59 Å². The highest BCUT2D eigenvalue weighted by molar-refractivity contribution is 5.79. The first-order valence-electron chi connectivity index (χ1n) is 10.3. The highest BCUT2D eigenvalue weighted by atomic mass is 16.5. The molecule has 6 nitrogen and oxygen atoms in total. The summed E-state index contributed by atoms with van der Waals surface area (Å²) in [5.74, 6) is 1.79. The largest absolute Gasteiger partial charge is 0.497 e. The zero-order chi connectivity index (χ0) is 20.4. The first-order valence-corrected chi connectivity index (χ1v) is 10.3. The molecule has 1 aromatic rings. The Hall–Kier alpha value is -2.24. The van der Waals surface area contributed by atoms with Gasteiger partial charge in [0.15, 0.2) is 0 Å². The third-order valence-corrected chi connectivity index (χ3v) is 6.40. The lowest BCUT2D eigenvalue weighted by Crippen LogP contribution is -2.42. The van der Waals surface area contributed by atoms with Crippen LogP contribution >= 0.6 is 0 Å². The number of methoxy groups -OCH3 is 1. The number of nitrogens with zero attached hydrogens (tertiary/aromatic N) is 3. The standard InChI is InChI=1S/C22H33N3O3/c1-6-15(7-2)21(26)24-12-17-13-25(22(27)23(3)4)20(19(17)14-24)16-8-10-18(28-5)11-9-16/h8-11,15,17,19-20H,6-7,12-14H2,1-5H3/t17-,19-,20+/m1/s1. The van der Waals surface area contributed by atoms with Crippen molar-refractivity contribution in [1.82, 2.24) is 14.7 Å². The lowest BCUT2D eigenvalue weighted by molar-refractivity contribution is -0.135. The Balaban J connectivity index is 1.86. The normalized spacial score (nSPS) is 23.9. The van der Waals surface area contributed by atoms with Crippen molar-refractivity contribution in [2.24, 2.45) is 17.8 Å². The van der Waals surface area contributed by atoms with Gasteiger partial charge in [0.2, 0.25) is 5.91 Å². The first kappa shape index (κ1) is 20.5. The van der Waals surface area contributed by atoms with Crippen LogP contribution in [0.2, 0.25) is 0 Å². The summed E-state index contributed by atoms with van der Waals surface area (Å²) >= 11 is 0. The molecule has 2 aliphatic rings. The molecule has 0 unspecified atom stereocenters. The van der Waals surface area contributed by atoms with Gasteiger partial charge >= 0.3 is 6.03 Å². The second-order valence-corrected chi connectivity index (χ2v) is 8.23. The Morgan fingerprint density at radius 2 is 1.75 bits per heavy atom. The van der Waals surface area contributed by atoms with E-state index in [0.29, 0.717) is 12.5 Å². The van der Waals surface area contributed by atoms with Crippen LogP contribution in [0.4, 0.5) is 4.79 Å². The average molecular weight is 388 g/mol. The topological polar surface area (TPSA) is 53.1 Å². The van der Waals surface area contributed by atoms with Crippen molar-refractivity contribution in [3.63, 3.8) is 0 Å². The van der Waals surface area contributed by atoms with E-state index in [1.54, 1.807) is 26.1 Å². The van der Waals surface area contributed by atoms with Gasteiger partial charge in [0.1, 0.15) is 5.75 Å². The lowest BCUT2D eigenvalue weighted by atomic mass is 9.89. The van der Waals surface area contributed by atoms with Crippen molar-refractivity contribution in [3.05, 3.63) is 29.8 Å². The molecule has 0 N–H and O–H groups in total. The maximum atomic E-state index is 12.9. The molecular formula is C22H33N3O3. The molecule has 0 aromatic heterocycles. The first-order chi connectivity index (χ1) is 13.4. The number of carbonyl (C=O) groups excluding carboxylic acids is 2. The lowest BCUT2D eigenvalue weighted by Gasteiger charge is -2.32. The number of carbonyl (C=O) groups is 2. The summed E-state index contributed by atoms with van der Waals surface area (Å²) in [5.41, 5.74) is 1.11. The molecule has 2 aliphatic heterocycles. The van der Waals surface area contributed by atoms with Gasteiger partial charge in [-0.1, -0.05) is 26.0 Å². The maximum Gasteiger partial charge on any atom is 0.320 e. The number of rotatable bonds is 5. The van der Waals surface area contributed by atoms with Crippen LogP contribution in [0.15, 0.2) is 24.3 Å². The highest BCUT2D eigenvalue weighted by Gasteiger charge is 2.50. The molecule has 0 aliphatic carbocycles. The highest BCUT2D eigenvalue weighted by Crippen LogP contribution is 2.46. The second-order valence-electron chi connectivity index (χ2n) is 8.23. The average Bonchev–Trinajstić information content (AvgIpc) is 3.26. The minimum atomic E-state index is -0.00897. The molecule has 6 heteroatoms. The molecule has 3 rings (SSSR count). The Labute approximate surface area is 168 Å². The maximum absolute atomic E-state index is 12.9. The van der Waals surface area contributed by atoms with E-state index in [2.05, 4.69) is 13.8 Å². The Bertz CT molecular complexity index is 699. The van der Waals surface area contributed by atoms with Gasteiger partial charge in [0, 0.05) is 51.5 Å². The Morgan fingerprint density at radius 1 is 1.11 bits per heavy atom. The van der Waals surface area contributed by atoms with Crippen molar-refractivity contribution < 1.29 is 14.3 Å². The minimum absolute atomic E-state index is 0.00897. The van der Waals surface area contributed by atoms with Crippen LogP contribution in [0.25, 0.3) is 0 Å². The molecule has 0 saturated carbocycles. The summed E-state index contributed by atoms with van der Waals surface area (Å²) in [5, 5.41) is 0. The molecule has 2 saturated heterocycles. The Kier molecular flexibility index (Phi) is 6.16. The summed E-state index contributed by atoms with van der Waals surface area (Å²) in [7, 11) is 5.25. The van der Waals surface area contributed by atoms with Crippen LogP contribution in [-0.2, 0) is 4.79 Å². The molecule has 2 heterocycles. The van der Waals surface area contributed by atoms with E-state index in [4.69, 9.17) is 4.74 Å². The van der Waals surface area contributed by atoms with E-state index in [1.165, 1.54) is 0 Å². The number of fused-ring (bicyclic) bond motifs is 1. The second kappa shape index (κ2) is 8.41. The van der Waals surface area contributed by atoms with Crippen molar-refractivity contribution in [1.29, 1.82) is 0 Å². The molecule has 0 radical (unpaired) electrons. The number of urea groups is 1. The number of ether oxygens (including phenoxy) is 1. The van der Waals surface area contributed by atoms with Gasteiger partial charge in [-0.2, -0.15) is 0 Å². The summed E-state index contributed by atoms with van der Waals surface area (Å²) in [6.07, 6.45) is 1.77. The molecule has 28 heavy (non-hydrogen) atoms. The van der Waals surface area contributed by atoms with Crippen molar-refractivity contribution >= 4 is 11.9 Å². The smallest absolute Gasteiger partial charge is 0.320 e. The number of hydrogen-bond acceptors (Lipinski definition) is 3. The van der Waals surface area contributed by atoms with Gasteiger partial charge in [-0.15, -0.1) is 0 Å². The van der Waals surface area contributed by atoms with Gasteiger partial charge in [0.05, 0.1) is 13.2 Å². The summed E-state index contributed by atoms with van der Waals surface area (Å²) in [4.78, 5) is 31.4. The molecule has 3 amide bonds. The molecule has 154 valence electrons.